The molecule has 0 radical (unpaired) electrons. The summed E-state index contributed by atoms with van der Waals surface area (Å²) in [7, 11) is 2.03. The molecule has 2 aromatic carbocycles. The molecule has 2 atom stereocenters. The third-order valence-electron chi connectivity index (χ3n) is 8.27. The van der Waals surface area contributed by atoms with Crippen molar-refractivity contribution in [3.63, 3.8) is 0 Å². The van der Waals surface area contributed by atoms with E-state index >= 15 is 0 Å². The Kier molecular flexibility index (Phi) is 9.78. The van der Waals surface area contributed by atoms with Crippen molar-refractivity contribution in [2.75, 3.05) is 38.8 Å². The van der Waals surface area contributed by atoms with Gasteiger partial charge in [-0.05, 0) is 54.5 Å². The number of morpholine rings is 1. The predicted molar refractivity (Wildman–Crippen MR) is 151 cm³/mol. The molecule has 1 aliphatic carbocycles. The van der Waals surface area contributed by atoms with E-state index < -0.39 is 0 Å². The lowest BCUT2D eigenvalue weighted by Crippen LogP contribution is -2.48. The fourth-order valence-corrected chi connectivity index (χ4v) is 6.09. The molecule has 2 aromatic rings. The maximum absolute atomic E-state index is 12.7. The van der Waals surface area contributed by atoms with E-state index in [-0.39, 0.29) is 18.0 Å². The maximum atomic E-state index is 12.7. The number of rotatable bonds is 13. The molecule has 1 fully saturated rings. The van der Waals surface area contributed by atoms with E-state index in [1.54, 1.807) is 0 Å². The number of hydrogen-bond donors (Lipinski definition) is 2. The second kappa shape index (κ2) is 13.2. The minimum absolute atomic E-state index is 0.0866. The number of hydrogen-bond acceptors (Lipinski definition) is 6. The van der Waals surface area contributed by atoms with Crippen molar-refractivity contribution in [1.29, 1.82) is 0 Å². The summed E-state index contributed by atoms with van der Waals surface area (Å²) in [4.78, 5) is 15.0. The molecule has 2 aliphatic rings. The molecule has 2 unspecified atom stereocenters. The number of carbonyl (C=O) groups is 1. The Morgan fingerprint density at radius 3 is 2.30 bits per heavy atom. The monoisotopic (exact) mass is 504 g/mol. The molecule has 0 aromatic heterocycles. The van der Waals surface area contributed by atoms with Crippen LogP contribution in [0.1, 0.15) is 43.4 Å². The molecule has 0 saturated carbocycles. The minimum Gasteiger partial charge on any atom is -0.379 e. The van der Waals surface area contributed by atoms with Gasteiger partial charge >= 0.3 is 0 Å². The number of likely N-dealkylation sites (N-methyl/N-ethyl adjacent to an activating group) is 1. The molecule has 1 heterocycles. The van der Waals surface area contributed by atoms with Crippen molar-refractivity contribution in [1.82, 2.24) is 15.2 Å². The highest BCUT2D eigenvalue weighted by atomic mass is 16.5. The van der Waals surface area contributed by atoms with Gasteiger partial charge in [0.15, 0.2) is 0 Å². The number of benzene rings is 2. The summed E-state index contributed by atoms with van der Waals surface area (Å²) >= 11 is 0. The van der Waals surface area contributed by atoms with Gasteiger partial charge in [-0.15, -0.1) is 0 Å². The summed E-state index contributed by atoms with van der Waals surface area (Å²) in [5.41, 5.74) is 9.71. The van der Waals surface area contributed by atoms with E-state index in [0.717, 1.165) is 75.2 Å². The highest BCUT2D eigenvalue weighted by Crippen LogP contribution is 2.34. The van der Waals surface area contributed by atoms with Crippen LogP contribution in [-0.4, -0.2) is 61.6 Å². The quantitative estimate of drug-likeness (QED) is 0.387. The largest absolute Gasteiger partial charge is 0.379 e. The summed E-state index contributed by atoms with van der Waals surface area (Å²) in [5.74, 6) is 0.681. The van der Waals surface area contributed by atoms with E-state index in [4.69, 9.17) is 4.74 Å². The van der Waals surface area contributed by atoms with Crippen LogP contribution in [0, 0.1) is 11.8 Å². The van der Waals surface area contributed by atoms with Crippen LogP contribution in [0.5, 0.6) is 0 Å². The Balaban J connectivity index is 1.62. The van der Waals surface area contributed by atoms with Gasteiger partial charge in [0.25, 0.3) is 0 Å². The maximum Gasteiger partial charge on any atom is 0.142 e. The molecule has 0 bridgehead atoms. The van der Waals surface area contributed by atoms with Crippen LogP contribution in [0.3, 0.4) is 0 Å². The Morgan fingerprint density at radius 2 is 1.70 bits per heavy atom. The molecule has 2 N–H and O–H groups in total. The zero-order chi connectivity index (χ0) is 26.2. The molecule has 200 valence electrons. The highest BCUT2D eigenvalue weighted by Gasteiger charge is 2.35. The molecule has 1 saturated heterocycles. The number of ether oxygens (including phenoxy) is 1. The first-order chi connectivity index (χ1) is 18.1. The SMILES string of the molecule is C=C(C(NC)C1Cc2ccccc2C1)N(Cc1ccccc1NN1CCOCC1)C(C=O)C(CC)CC. The van der Waals surface area contributed by atoms with Crippen LogP contribution in [0.4, 0.5) is 5.69 Å². The number of nitrogens with one attached hydrogen (secondary N) is 2. The van der Waals surface area contributed by atoms with Gasteiger partial charge < -0.3 is 25.2 Å². The third kappa shape index (κ3) is 6.43. The van der Waals surface area contributed by atoms with Crippen molar-refractivity contribution in [3.8, 4) is 0 Å². The standard InChI is InChI=1S/C31H44N4O2/c1-5-24(6-2)30(22-36)35(21-27-13-9-10-14-29(27)33-34-15-17-37-18-16-34)23(3)31(32-4)28-19-25-11-7-8-12-26(25)20-28/h7-14,22,24,28,30-33H,3,5-6,15-21H2,1-2,4H3. The second-order valence-electron chi connectivity index (χ2n) is 10.4. The van der Waals surface area contributed by atoms with E-state index in [1.807, 2.05) is 7.05 Å². The van der Waals surface area contributed by atoms with Gasteiger partial charge in [-0.2, -0.15) is 0 Å². The summed E-state index contributed by atoms with van der Waals surface area (Å²) in [6.45, 7) is 12.8. The second-order valence-corrected chi connectivity index (χ2v) is 10.4. The predicted octanol–water partition coefficient (Wildman–Crippen LogP) is 4.67. The number of hydrazine groups is 1. The van der Waals surface area contributed by atoms with Crippen molar-refractivity contribution in [2.24, 2.45) is 11.8 Å². The topological polar surface area (TPSA) is 56.8 Å². The van der Waals surface area contributed by atoms with Crippen LogP contribution < -0.4 is 10.7 Å². The van der Waals surface area contributed by atoms with Crippen molar-refractivity contribution in [2.45, 2.75) is 58.2 Å². The number of nitrogens with zero attached hydrogens (tertiary/aromatic N) is 2. The Morgan fingerprint density at radius 1 is 1.08 bits per heavy atom. The van der Waals surface area contributed by atoms with Gasteiger partial charge in [0.05, 0.1) is 24.9 Å². The van der Waals surface area contributed by atoms with Gasteiger partial charge in [-0.25, -0.2) is 5.01 Å². The van der Waals surface area contributed by atoms with E-state index in [2.05, 4.69) is 89.6 Å². The molecule has 6 nitrogen and oxygen atoms in total. The van der Waals surface area contributed by atoms with Crippen molar-refractivity contribution in [3.05, 3.63) is 77.5 Å². The first kappa shape index (κ1) is 27.4. The Bertz CT molecular complexity index is 1010. The summed E-state index contributed by atoms with van der Waals surface area (Å²) in [6.07, 6.45) is 5.12. The molecule has 0 spiro atoms. The average Bonchev–Trinajstić information content (AvgIpc) is 3.36. The molecule has 1 aliphatic heterocycles. The molecular formula is C31H44N4O2. The number of aldehydes is 1. The fourth-order valence-electron chi connectivity index (χ4n) is 6.09. The van der Waals surface area contributed by atoms with Gasteiger partial charge in [0, 0.05) is 31.4 Å². The zero-order valence-corrected chi connectivity index (χ0v) is 22.8. The first-order valence-corrected chi connectivity index (χ1v) is 13.9. The van der Waals surface area contributed by atoms with Crippen LogP contribution >= 0.6 is 0 Å². The summed E-state index contributed by atoms with van der Waals surface area (Å²) in [5, 5.41) is 5.80. The molecule has 6 heteroatoms. The fraction of sp³-hybridized carbons (Fsp3) is 0.516. The van der Waals surface area contributed by atoms with Crippen LogP contribution in [0.2, 0.25) is 0 Å². The van der Waals surface area contributed by atoms with Crippen LogP contribution in [0.25, 0.3) is 0 Å². The summed E-state index contributed by atoms with van der Waals surface area (Å²) < 4.78 is 5.52. The Labute approximate surface area is 223 Å². The lowest BCUT2D eigenvalue weighted by molar-refractivity contribution is -0.114. The van der Waals surface area contributed by atoms with E-state index in [1.165, 1.54) is 11.1 Å². The molecular weight excluding hydrogens is 460 g/mol. The number of fused-ring (bicyclic) bond motifs is 1. The van der Waals surface area contributed by atoms with Crippen LogP contribution in [-0.2, 0) is 28.9 Å². The zero-order valence-electron chi connectivity index (χ0n) is 22.8. The molecule has 4 rings (SSSR count). The average molecular weight is 505 g/mol. The van der Waals surface area contributed by atoms with E-state index in [9.17, 15) is 4.79 Å². The smallest absolute Gasteiger partial charge is 0.142 e. The summed E-state index contributed by atoms with van der Waals surface area (Å²) in [6, 6.07) is 17.0. The lowest BCUT2D eigenvalue weighted by atomic mass is 9.89. The number of carbonyl (C=O) groups excluding carboxylic acids is 1. The third-order valence-corrected chi connectivity index (χ3v) is 8.27. The van der Waals surface area contributed by atoms with E-state index in [0.29, 0.717) is 12.5 Å². The van der Waals surface area contributed by atoms with Gasteiger partial charge in [0.2, 0.25) is 0 Å². The first-order valence-electron chi connectivity index (χ1n) is 13.9. The van der Waals surface area contributed by atoms with Gasteiger partial charge in [-0.1, -0.05) is 75.7 Å². The number of para-hydroxylation sites is 1. The molecule has 37 heavy (non-hydrogen) atoms. The van der Waals surface area contributed by atoms with Crippen molar-refractivity contribution < 1.29 is 9.53 Å². The van der Waals surface area contributed by atoms with Gasteiger partial charge in [-0.3, -0.25) is 0 Å². The lowest BCUT2D eigenvalue weighted by Gasteiger charge is -2.41. The Hall–Kier alpha value is -2.67. The number of anilines is 1. The normalized spacial score (nSPS) is 17.8. The molecule has 0 amide bonds. The highest BCUT2D eigenvalue weighted by molar-refractivity contribution is 5.59. The van der Waals surface area contributed by atoms with Crippen molar-refractivity contribution >= 4 is 12.0 Å². The minimum atomic E-state index is -0.224. The van der Waals surface area contributed by atoms with Gasteiger partial charge in [0.1, 0.15) is 6.29 Å². The van der Waals surface area contributed by atoms with Crippen LogP contribution in [0.15, 0.2) is 60.8 Å².